The molecule has 0 saturated heterocycles. The number of carbonyl (C=O) groups is 2. The van der Waals surface area contributed by atoms with Crippen molar-refractivity contribution >= 4 is 12.2 Å². The molecule has 3 rings (SSSR count). The van der Waals surface area contributed by atoms with Gasteiger partial charge in [0.05, 0.1) is 145 Å². The molecule has 0 aliphatic rings. The first-order valence-electron chi connectivity index (χ1n) is 19.4. The number of aromatic nitrogens is 3. The molecule has 3 aromatic rings. The molecule has 17 nitrogen and oxygen atoms in total. The standard InChI is InChI=1S/C40H60N4O13/c45-13-10-36-6-8-37(9-7-36)40(46)41-11-14-47-16-18-49-20-22-51-24-26-53-28-30-55-32-33-56-31-29-54-27-25-52-23-21-50-19-17-48-15-12-44-34-38(42-43-44)35-57-39-4-2-1-3-5-39/h1-9,13,34H,10-12,14-33,35H2,(H,41,46). The number of carbonyl (C=O) groups excluding carboxylic acids is 2. The van der Waals surface area contributed by atoms with Crippen molar-refractivity contribution in [2.24, 2.45) is 0 Å². The van der Waals surface area contributed by atoms with E-state index in [-0.39, 0.29) is 5.91 Å². The molecule has 1 aromatic heterocycles. The van der Waals surface area contributed by atoms with Gasteiger partial charge in [0.25, 0.3) is 5.91 Å². The van der Waals surface area contributed by atoms with Crippen LogP contribution in [0.5, 0.6) is 5.75 Å². The molecule has 17 heteroatoms. The molecule has 1 heterocycles. The molecule has 0 saturated carbocycles. The van der Waals surface area contributed by atoms with Gasteiger partial charge >= 0.3 is 0 Å². The fourth-order valence-corrected chi connectivity index (χ4v) is 4.65. The maximum atomic E-state index is 12.1. The Bertz CT molecular complexity index is 1390. The van der Waals surface area contributed by atoms with Gasteiger partial charge in [-0.05, 0) is 29.8 Å². The van der Waals surface area contributed by atoms with Gasteiger partial charge in [0, 0.05) is 18.5 Å². The van der Waals surface area contributed by atoms with Crippen LogP contribution < -0.4 is 10.1 Å². The molecule has 318 valence electrons. The van der Waals surface area contributed by atoms with Crippen LogP contribution in [-0.2, 0) is 71.7 Å². The number of amides is 1. The first-order valence-corrected chi connectivity index (χ1v) is 19.4. The first-order chi connectivity index (χ1) is 28.2. The molecule has 0 spiro atoms. The maximum absolute atomic E-state index is 12.1. The molecule has 0 atom stereocenters. The Labute approximate surface area is 335 Å². The lowest BCUT2D eigenvalue weighted by Gasteiger charge is -2.09. The molecule has 57 heavy (non-hydrogen) atoms. The van der Waals surface area contributed by atoms with Crippen molar-refractivity contribution in [3.8, 4) is 5.75 Å². The van der Waals surface area contributed by atoms with Crippen LogP contribution in [0.2, 0.25) is 0 Å². The predicted molar refractivity (Wildman–Crippen MR) is 208 cm³/mol. The number of rotatable bonds is 39. The molecule has 0 unspecified atom stereocenters. The van der Waals surface area contributed by atoms with E-state index in [9.17, 15) is 9.59 Å². The number of aldehydes is 1. The number of ether oxygens (including phenoxy) is 11. The molecule has 0 aliphatic carbocycles. The van der Waals surface area contributed by atoms with E-state index in [1.807, 2.05) is 36.5 Å². The van der Waals surface area contributed by atoms with Gasteiger partial charge in [0.2, 0.25) is 0 Å². The summed E-state index contributed by atoms with van der Waals surface area (Å²) in [6, 6.07) is 16.5. The smallest absolute Gasteiger partial charge is 0.251 e. The average Bonchev–Trinajstić information content (AvgIpc) is 3.70. The highest BCUT2D eigenvalue weighted by atomic mass is 16.6. The van der Waals surface area contributed by atoms with Gasteiger partial charge in [0.15, 0.2) is 0 Å². The van der Waals surface area contributed by atoms with Crippen molar-refractivity contribution in [1.29, 1.82) is 0 Å². The SMILES string of the molecule is O=CCc1ccc(C(=O)NCCOCCOCCOCCOCCOCCOCCOCCOCCOCCOCCn2cc(COc3ccccc3)nn2)cc1. The molecular formula is C40H60N4O13. The zero-order valence-electron chi connectivity index (χ0n) is 33.0. The van der Waals surface area contributed by atoms with Crippen LogP contribution >= 0.6 is 0 Å². The van der Waals surface area contributed by atoms with E-state index in [4.69, 9.17) is 52.1 Å². The third-order valence-electron chi connectivity index (χ3n) is 7.60. The summed E-state index contributed by atoms with van der Waals surface area (Å²) in [5.74, 6) is 0.616. The van der Waals surface area contributed by atoms with Crippen LogP contribution in [-0.4, -0.2) is 166 Å². The molecule has 0 radical (unpaired) electrons. The fourth-order valence-electron chi connectivity index (χ4n) is 4.65. The minimum atomic E-state index is -0.181. The summed E-state index contributed by atoms with van der Waals surface area (Å²) in [5, 5.41) is 11.0. The quantitative estimate of drug-likeness (QED) is 0.0655. The highest BCUT2D eigenvalue weighted by molar-refractivity contribution is 5.94. The lowest BCUT2D eigenvalue weighted by Crippen LogP contribution is -2.27. The Kier molecular flexibility index (Phi) is 28.5. The first kappa shape index (κ1) is 47.5. The average molecular weight is 805 g/mol. The second-order valence-corrected chi connectivity index (χ2v) is 12.0. The van der Waals surface area contributed by atoms with Gasteiger partial charge < -0.3 is 62.2 Å². The topological polar surface area (TPSA) is 178 Å². The second kappa shape index (κ2) is 34.2. The zero-order valence-corrected chi connectivity index (χ0v) is 33.0. The molecule has 0 fully saturated rings. The van der Waals surface area contributed by atoms with Crippen LogP contribution in [0.3, 0.4) is 0 Å². The van der Waals surface area contributed by atoms with E-state index >= 15 is 0 Å². The van der Waals surface area contributed by atoms with Crippen LogP contribution in [0.15, 0.2) is 60.8 Å². The van der Waals surface area contributed by atoms with Gasteiger partial charge in [-0.25, -0.2) is 4.68 Å². The summed E-state index contributed by atoms with van der Waals surface area (Å²) in [6.07, 6.45) is 3.03. The molecule has 1 amide bonds. The lowest BCUT2D eigenvalue weighted by atomic mass is 10.1. The summed E-state index contributed by atoms with van der Waals surface area (Å²) in [6.45, 7) is 10.8. The Morgan fingerprint density at radius 1 is 0.561 bits per heavy atom. The highest BCUT2D eigenvalue weighted by Gasteiger charge is 2.05. The largest absolute Gasteiger partial charge is 0.487 e. The highest BCUT2D eigenvalue weighted by Crippen LogP contribution is 2.10. The molecule has 0 bridgehead atoms. The van der Waals surface area contributed by atoms with Gasteiger partial charge in [-0.15, -0.1) is 5.10 Å². The Morgan fingerprint density at radius 2 is 1.00 bits per heavy atom. The lowest BCUT2D eigenvalue weighted by molar-refractivity contribution is -0.107. The Balaban J connectivity index is 0.921. The number of hydrogen-bond donors (Lipinski definition) is 1. The number of benzene rings is 2. The normalized spacial score (nSPS) is 11.2. The van der Waals surface area contributed by atoms with Crippen molar-refractivity contribution < 1.29 is 61.7 Å². The summed E-state index contributed by atoms with van der Waals surface area (Å²) in [5.41, 5.74) is 2.18. The van der Waals surface area contributed by atoms with Crippen molar-refractivity contribution in [2.45, 2.75) is 19.6 Å². The van der Waals surface area contributed by atoms with Crippen molar-refractivity contribution in [3.05, 3.63) is 77.6 Å². The predicted octanol–water partition coefficient (Wildman–Crippen LogP) is 2.19. The van der Waals surface area contributed by atoms with Crippen molar-refractivity contribution in [3.63, 3.8) is 0 Å². The molecule has 0 aliphatic heterocycles. The van der Waals surface area contributed by atoms with Crippen LogP contribution in [0.25, 0.3) is 0 Å². The van der Waals surface area contributed by atoms with Crippen LogP contribution in [0, 0.1) is 0 Å². The van der Waals surface area contributed by atoms with E-state index in [1.165, 1.54) is 0 Å². The number of para-hydroxylation sites is 1. The fraction of sp³-hybridized carbons (Fsp3) is 0.600. The summed E-state index contributed by atoms with van der Waals surface area (Å²) in [7, 11) is 0. The number of nitrogens with zero attached hydrogens (tertiary/aromatic N) is 3. The number of nitrogens with one attached hydrogen (secondary N) is 1. The minimum absolute atomic E-state index is 0.181. The summed E-state index contributed by atoms with van der Waals surface area (Å²) in [4.78, 5) is 22.7. The second-order valence-electron chi connectivity index (χ2n) is 12.0. The number of hydrogen-bond acceptors (Lipinski definition) is 15. The van der Waals surface area contributed by atoms with E-state index < -0.39 is 0 Å². The molecule has 1 N–H and O–H groups in total. The maximum Gasteiger partial charge on any atom is 0.251 e. The van der Waals surface area contributed by atoms with E-state index in [2.05, 4.69) is 15.6 Å². The third-order valence-corrected chi connectivity index (χ3v) is 7.60. The van der Waals surface area contributed by atoms with Gasteiger partial charge in [-0.3, -0.25) is 4.79 Å². The van der Waals surface area contributed by atoms with E-state index in [1.54, 1.807) is 28.9 Å². The monoisotopic (exact) mass is 804 g/mol. The van der Waals surface area contributed by atoms with Crippen LogP contribution in [0.1, 0.15) is 21.6 Å². The Hall–Kier alpha value is -3.88. The van der Waals surface area contributed by atoms with Crippen molar-refractivity contribution in [2.75, 3.05) is 139 Å². The van der Waals surface area contributed by atoms with Gasteiger partial charge in [-0.1, -0.05) is 35.5 Å². The molecule has 2 aromatic carbocycles. The third kappa shape index (κ3) is 25.9. The van der Waals surface area contributed by atoms with Gasteiger partial charge in [-0.2, -0.15) is 0 Å². The summed E-state index contributed by atoms with van der Waals surface area (Å²) < 4.78 is 62.5. The van der Waals surface area contributed by atoms with Crippen molar-refractivity contribution in [1.82, 2.24) is 20.3 Å². The summed E-state index contributed by atoms with van der Waals surface area (Å²) >= 11 is 0. The van der Waals surface area contributed by atoms with E-state index in [0.29, 0.717) is 164 Å². The van der Waals surface area contributed by atoms with Gasteiger partial charge in [0.1, 0.15) is 24.3 Å². The molecular weight excluding hydrogens is 744 g/mol. The minimum Gasteiger partial charge on any atom is -0.487 e. The van der Waals surface area contributed by atoms with Crippen LogP contribution in [0.4, 0.5) is 0 Å². The Morgan fingerprint density at radius 3 is 1.46 bits per heavy atom. The van der Waals surface area contributed by atoms with E-state index in [0.717, 1.165) is 23.3 Å². The zero-order chi connectivity index (χ0) is 40.1.